The molecular formula is C26H29FN3O7P. The summed E-state index contributed by atoms with van der Waals surface area (Å²) < 4.78 is 49.5. The molecule has 1 aromatic heterocycles. The fraction of sp³-hybridized carbons (Fsp3) is 0.385. The van der Waals surface area contributed by atoms with Gasteiger partial charge in [-0.1, -0.05) is 18.2 Å². The summed E-state index contributed by atoms with van der Waals surface area (Å²) in [6, 6.07) is 9.48. The molecule has 2 heterocycles. The highest BCUT2D eigenvalue weighted by molar-refractivity contribution is 7.51. The molecule has 2 fully saturated rings. The average Bonchev–Trinajstić information content (AvgIpc) is 3.74. The van der Waals surface area contributed by atoms with Gasteiger partial charge in [-0.25, -0.2) is 13.8 Å². The SMILES string of the molecule is COc1c(N2CCN(P(=O)(OC)Oc3ccccc3)C(C)C2)c(F)cc2c(=O)c(C(=O)O)cn(C3CC3)c12. The van der Waals surface area contributed by atoms with E-state index in [4.69, 9.17) is 13.8 Å². The maximum Gasteiger partial charge on any atom is 0.461 e. The fourth-order valence-corrected chi connectivity index (χ4v) is 6.72. The van der Waals surface area contributed by atoms with Crippen LogP contribution in [0.5, 0.6) is 11.5 Å². The number of halogens is 1. The molecule has 2 unspecified atom stereocenters. The maximum atomic E-state index is 15.7. The van der Waals surface area contributed by atoms with Crippen molar-refractivity contribution < 1.29 is 32.6 Å². The van der Waals surface area contributed by atoms with Crippen LogP contribution in [-0.4, -0.2) is 60.2 Å². The normalized spacial score (nSPS) is 19.8. The third-order valence-electron chi connectivity index (χ3n) is 6.99. The van der Waals surface area contributed by atoms with Gasteiger partial charge in [-0.2, -0.15) is 4.67 Å². The van der Waals surface area contributed by atoms with Crippen molar-refractivity contribution in [3.63, 3.8) is 0 Å². The van der Waals surface area contributed by atoms with Gasteiger partial charge in [0, 0.05) is 45.0 Å². The predicted octanol–water partition coefficient (Wildman–Crippen LogP) is 4.53. The number of rotatable bonds is 8. The molecule has 1 aliphatic carbocycles. The number of benzene rings is 2. The fourth-order valence-electron chi connectivity index (χ4n) is 5.05. The third-order valence-corrected chi connectivity index (χ3v) is 9.12. The lowest BCUT2D eigenvalue weighted by Crippen LogP contribution is -2.51. The minimum atomic E-state index is -3.70. The lowest BCUT2D eigenvalue weighted by molar-refractivity contribution is 0.0694. The summed E-state index contributed by atoms with van der Waals surface area (Å²) in [4.78, 5) is 26.5. The number of piperazine rings is 1. The Labute approximate surface area is 218 Å². The highest BCUT2D eigenvalue weighted by atomic mass is 31.2. The van der Waals surface area contributed by atoms with E-state index in [2.05, 4.69) is 0 Å². The van der Waals surface area contributed by atoms with Gasteiger partial charge in [-0.15, -0.1) is 0 Å². The largest absolute Gasteiger partial charge is 0.492 e. The van der Waals surface area contributed by atoms with Crippen molar-refractivity contribution in [2.45, 2.75) is 31.8 Å². The summed E-state index contributed by atoms with van der Waals surface area (Å²) in [6.07, 6.45) is 2.96. The Morgan fingerprint density at radius 2 is 1.87 bits per heavy atom. The molecule has 0 radical (unpaired) electrons. The van der Waals surface area contributed by atoms with Crippen LogP contribution >= 0.6 is 7.75 Å². The van der Waals surface area contributed by atoms with E-state index in [1.165, 1.54) is 20.4 Å². The van der Waals surface area contributed by atoms with E-state index in [1.807, 2.05) is 13.0 Å². The maximum absolute atomic E-state index is 15.7. The zero-order chi connectivity index (χ0) is 27.2. The topological polar surface area (TPSA) is 111 Å². The Morgan fingerprint density at radius 3 is 2.45 bits per heavy atom. The van der Waals surface area contributed by atoms with Crippen LogP contribution in [-0.2, 0) is 9.09 Å². The van der Waals surface area contributed by atoms with Gasteiger partial charge in [0.1, 0.15) is 17.0 Å². The molecule has 1 aliphatic heterocycles. The molecule has 0 spiro atoms. The number of carbonyl (C=O) groups is 1. The molecule has 5 rings (SSSR count). The number of aromatic carboxylic acids is 1. The van der Waals surface area contributed by atoms with E-state index in [0.29, 0.717) is 11.3 Å². The molecule has 2 atom stereocenters. The predicted molar refractivity (Wildman–Crippen MR) is 140 cm³/mol. The average molecular weight is 546 g/mol. The Balaban J connectivity index is 1.53. The molecule has 2 aliphatic rings. The molecular weight excluding hydrogens is 516 g/mol. The molecule has 1 saturated heterocycles. The third kappa shape index (κ3) is 4.55. The monoisotopic (exact) mass is 545 g/mol. The number of fused-ring (bicyclic) bond motifs is 1. The van der Waals surface area contributed by atoms with Crippen molar-refractivity contribution in [3.8, 4) is 11.5 Å². The molecule has 10 nitrogen and oxygen atoms in total. The Morgan fingerprint density at radius 1 is 1.16 bits per heavy atom. The first-order chi connectivity index (χ1) is 18.2. The number of hydrogen-bond donors (Lipinski definition) is 1. The van der Waals surface area contributed by atoms with Gasteiger partial charge in [0.2, 0.25) is 5.43 Å². The van der Waals surface area contributed by atoms with Crippen LogP contribution in [0.4, 0.5) is 10.1 Å². The molecule has 12 heteroatoms. The van der Waals surface area contributed by atoms with Crippen LogP contribution in [0.25, 0.3) is 10.9 Å². The van der Waals surface area contributed by atoms with Crippen molar-refractivity contribution in [2.75, 3.05) is 38.8 Å². The molecule has 1 N–H and O–H groups in total. The minimum absolute atomic E-state index is 0.00176. The van der Waals surface area contributed by atoms with E-state index in [-0.39, 0.29) is 48.5 Å². The quantitative estimate of drug-likeness (QED) is 0.408. The zero-order valence-electron chi connectivity index (χ0n) is 21.3. The molecule has 202 valence electrons. The number of para-hydroxylation sites is 1. The second-order valence-corrected chi connectivity index (χ2v) is 11.5. The first-order valence-corrected chi connectivity index (χ1v) is 13.8. The summed E-state index contributed by atoms with van der Waals surface area (Å²) in [5.74, 6) is -1.49. The minimum Gasteiger partial charge on any atom is -0.492 e. The first-order valence-electron chi connectivity index (χ1n) is 12.3. The number of anilines is 1. The second kappa shape index (κ2) is 10.1. The summed E-state index contributed by atoms with van der Waals surface area (Å²) >= 11 is 0. The van der Waals surface area contributed by atoms with Crippen LogP contribution in [0.1, 0.15) is 36.2 Å². The molecule has 38 heavy (non-hydrogen) atoms. The lowest BCUT2D eigenvalue weighted by atomic mass is 10.1. The van der Waals surface area contributed by atoms with Crippen molar-refractivity contribution in [3.05, 3.63) is 64.2 Å². The molecule has 2 aromatic carbocycles. The molecule has 1 saturated carbocycles. The van der Waals surface area contributed by atoms with E-state index >= 15 is 4.39 Å². The standard InChI is InChI=1S/C26H29FN3O7P/c1-16-14-28(11-12-30(16)38(34,36-3)37-18-7-5-4-6-8-18)23-21(27)13-19-22(25(23)35-2)29(17-9-10-17)15-20(24(19)31)26(32)33/h4-8,13,15-17H,9-12,14H2,1-3H3,(H,32,33). The number of nitrogens with zero attached hydrogens (tertiary/aromatic N) is 3. The molecule has 0 bridgehead atoms. The van der Waals surface area contributed by atoms with E-state index < -0.39 is 30.5 Å². The summed E-state index contributed by atoms with van der Waals surface area (Å²) in [5, 5.41) is 9.50. The lowest BCUT2D eigenvalue weighted by Gasteiger charge is -2.42. The van der Waals surface area contributed by atoms with Gasteiger partial charge in [0.15, 0.2) is 11.6 Å². The number of ether oxygens (including phenoxy) is 1. The van der Waals surface area contributed by atoms with Gasteiger partial charge < -0.3 is 23.8 Å². The molecule has 3 aromatic rings. The van der Waals surface area contributed by atoms with Crippen molar-refractivity contribution in [2.24, 2.45) is 0 Å². The number of carboxylic acids is 1. The van der Waals surface area contributed by atoms with Crippen LogP contribution in [0.2, 0.25) is 0 Å². The highest BCUT2D eigenvalue weighted by Crippen LogP contribution is 2.53. The zero-order valence-corrected chi connectivity index (χ0v) is 22.2. The Bertz CT molecular complexity index is 1490. The number of hydrogen-bond acceptors (Lipinski definition) is 7. The van der Waals surface area contributed by atoms with E-state index in [9.17, 15) is 19.3 Å². The highest BCUT2D eigenvalue weighted by Gasteiger charge is 2.42. The van der Waals surface area contributed by atoms with Crippen LogP contribution in [0, 0.1) is 5.82 Å². The van der Waals surface area contributed by atoms with Crippen molar-refractivity contribution >= 4 is 30.3 Å². The van der Waals surface area contributed by atoms with Gasteiger partial charge in [-0.3, -0.25) is 9.32 Å². The van der Waals surface area contributed by atoms with Gasteiger partial charge in [0.05, 0.1) is 18.0 Å². The Hall–Kier alpha value is -3.40. The number of aromatic nitrogens is 1. The smallest absolute Gasteiger partial charge is 0.461 e. The van der Waals surface area contributed by atoms with Crippen LogP contribution < -0.4 is 19.6 Å². The summed E-state index contributed by atoms with van der Waals surface area (Å²) in [7, 11) is -0.965. The molecule has 0 amide bonds. The van der Waals surface area contributed by atoms with Crippen LogP contribution in [0.3, 0.4) is 0 Å². The number of carboxylic acid groups (broad SMARTS) is 1. The van der Waals surface area contributed by atoms with Gasteiger partial charge >= 0.3 is 13.7 Å². The number of pyridine rings is 1. The van der Waals surface area contributed by atoms with E-state index in [0.717, 1.165) is 18.9 Å². The summed E-state index contributed by atoms with van der Waals surface area (Å²) in [6.45, 7) is 2.63. The van der Waals surface area contributed by atoms with Crippen molar-refractivity contribution in [1.29, 1.82) is 0 Å². The van der Waals surface area contributed by atoms with Gasteiger partial charge in [-0.05, 0) is 38.0 Å². The van der Waals surface area contributed by atoms with Crippen LogP contribution in [0.15, 0.2) is 47.4 Å². The van der Waals surface area contributed by atoms with Crippen molar-refractivity contribution in [1.82, 2.24) is 9.24 Å². The number of methoxy groups -OCH3 is 1. The second-order valence-electron chi connectivity index (χ2n) is 9.47. The first kappa shape index (κ1) is 26.2. The van der Waals surface area contributed by atoms with E-state index in [1.54, 1.807) is 38.4 Å². The summed E-state index contributed by atoms with van der Waals surface area (Å²) in [5.41, 5.74) is -0.633. The van der Waals surface area contributed by atoms with Gasteiger partial charge in [0.25, 0.3) is 0 Å². The Kier molecular flexibility index (Phi) is 6.94.